The predicted molar refractivity (Wildman–Crippen MR) is 132 cm³/mol. The fraction of sp³-hybridized carbons (Fsp3) is 0.231. The van der Waals surface area contributed by atoms with Gasteiger partial charge in [-0.1, -0.05) is 24.3 Å². The Kier molecular flexibility index (Phi) is 5.95. The lowest BCUT2D eigenvalue weighted by Crippen LogP contribution is -2.45. The zero-order chi connectivity index (χ0) is 23.5. The molecule has 3 heterocycles. The van der Waals surface area contributed by atoms with Crippen LogP contribution in [0.3, 0.4) is 0 Å². The van der Waals surface area contributed by atoms with Crippen LogP contribution in [0.2, 0.25) is 0 Å². The van der Waals surface area contributed by atoms with Gasteiger partial charge < -0.3 is 15.5 Å². The molecule has 8 nitrogen and oxygen atoms in total. The van der Waals surface area contributed by atoms with Crippen molar-refractivity contribution >= 4 is 29.1 Å². The first kappa shape index (κ1) is 21.6. The zero-order valence-corrected chi connectivity index (χ0v) is 18.9. The van der Waals surface area contributed by atoms with Crippen LogP contribution < -0.4 is 10.6 Å². The summed E-state index contributed by atoms with van der Waals surface area (Å²) in [6.07, 6.45) is 7.09. The zero-order valence-electron chi connectivity index (χ0n) is 18.9. The first-order chi connectivity index (χ1) is 16.5. The van der Waals surface area contributed by atoms with E-state index in [1.807, 2.05) is 78.3 Å². The smallest absolute Gasteiger partial charge is 0.321 e. The predicted octanol–water partition coefficient (Wildman–Crippen LogP) is 4.59. The highest BCUT2D eigenvalue weighted by Crippen LogP contribution is 2.23. The Bertz CT molecular complexity index is 1300. The van der Waals surface area contributed by atoms with Gasteiger partial charge in [-0.3, -0.25) is 9.20 Å². The van der Waals surface area contributed by atoms with Crippen LogP contribution in [-0.4, -0.2) is 44.3 Å². The molecule has 4 aromatic rings. The number of nitrogens with zero attached hydrogens (tertiary/aromatic N) is 4. The van der Waals surface area contributed by atoms with Gasteiger partial charge in [0.05, 0.1) is 11.6 Å². The van der Waals surface area contributed by atoms with E-state index in [2.05, 4.69) is 20.6 Å². The molecule has 3 amide bonds. The molecule has 0 radical (unpaired) electrons. The summed E-state index contributed by atoms with van der Waals surface area (Å²) >= 11 is 0. The molecule has 0 spiro atoms. The lowest BCUT2D eigenvalue weighted by molar-refractivity contribution is -0.121. The van der Waals surface area contributed by atoms with Crippen molar-refractivity contribution in [2.24, 2.45) is 5.92 Å². The molecule has 8 heteroatoms. The SMILES string of the molecule is Cc1cccc(NC(=O)N2CCCC(C(=O)Nc3ccc(-c4cn5cccnc5n4)cc3)C2)c1. The van der Waals surface area contributed by atoms with Crippen molar-refractivity contribution in [1.29, 1.82) is 0 Å². The van der Waals surface area contributed by atoms with Crippen molar-refractivity contribution in [3.8, 4) is 11.3 Å². The molecule has 2 N–H and O–H groups in total. The molecule has 1 fully saturated rings. The van der Waals surface area contributed by atoms with Crippen molar-refractivity contribution < 1.29 is 9.59 Å². The van der Waals surface area contributed by atoms with E-state index >= 15 is 0 Å². The highest BCUT2D eigenvalue weighted by Gasteiger charge is 2.28. The number of carbonyl (C=O) groups excluding carboxylic acids is 2. The normalized spacial score (nSPS) is 15.8. The van der Waals surface area contributed by atoms with Crippen LogP contribution >= 0.6 is 0 Å². The topological polar surface area (TPSA) is 91.6 Å². The van der Waals surface area contributed by atoms with E-state index in [-0.39, 0.29) is 17.9 Å². The second-order valence-corrected chi connectivity index (χ2v) is 8.60. The Hall–Kier alpha value is -4.20. The minimum Gasteiger partial charge on any atom is -0.326 e. The third-order valence-electron chi connectivity index (χ3n) is 6.03. The van der Waals surface area contributed by atoms with Gasteiger partial charge in [0.2, 0.25) is 11.7 Å². The van der Waals surface area contributed by atoms with E-state index in [4.69, 9.17) is 0 Å². The van der Waals surface area contributed by atoms with Crippen LogP contribution in [0.4, 0.5) is 16.2 Å². The number of piperidine rings is 1. The number of urea groups is 1. The summed E-state index contributed by atoms with van der Waals surface area (Å²) in [5.41, 5.74) is 4.33. The van der Waals surface area contributed by atoms with E-state index in [0.717, 1.165) is 41.0 Å². The Balaban J connectivity index is 1.20. The Labute approximate surface area is 197 Å². The molecule has 172 valence electrons. The van der Waals surface area contributed by atoms with Gasteiger partial charge >= 0.3 is 6.03 Å². The summed E-state index contributed by atoms with van der Waals surface area (Å²) in [6.45, 7) is 3.03. The van der Waals surface area contributed by atoms with Gasteiger partial charge in [-0.15, -0.1) is 0 Å². The van der Waals surface area contributed by atoms with Gasteiger partial charge in [0.15, 0.2) is 0 Å². The number of imidazole rings is 1. The molecule has 0 bridgehead atoms. The number of hydrogen-bond donors (Lipinski definition) is 2. The number of fused-ring (bicyclic) bond motifs is 1. The maximum atomic E-state index is 12.9. The number of likely N-dealkylation sites (tertiary alicyclic amines) is 1. The molecule has 1 saturated heterocycles. The summed E-state index contributed by atoms with van der Waals surface area (Å²) in [4.78, 5) is 36.1. The Morgan fingerprint density at radius 2 is 1.88 bits per heavy atom. The lowest BCUT2D eigenvalue weighted by atomic mass is 9.97. The number of aromatic nitrogens is 3. The standard InChI is InChI=1S/C26H26N6O2/c1-18-5-2-7-22(15-18)29-26(34)32-13-3-6-20(16-32)24(33)28-21-10-8-19(9-11-21)23-17-31-14-4-12-27-25(31)30-23/h2,4-5,7-12,14-15,17,20H,3,6,13,16H2,1H3,(H,28,33)(H,29,34). The molecule has 1 atom stereocenters. The Morgan fingerprint density at radius 1 is 1.03 bits per heavy atom. The highest BCUT2D eigenvalue weighted by molar-refractivity contribution is 5.94. The van der Waals surface area contributed by atoms with E-state index in [9.17, 15) is 9.59 Å². The monoisotopic (exact) mass is 454 g/mol. The summed E-state index contributed by atoms with van der Waals surface area (Å²) in [6, 6.07) is 17.0. The minimum atomic E-state index is -0.249. The molecule has 0 aliphatic carbocycles. The van der Waals surface area contributed by atoms with E-state index in [1.165, 1.54) is 0 Å². The minimum absolute atomic E-state index is 0.0715. The van der Waals surface area contributed by atoms with Crippen LogP contribution in [0, 0.1) is 12.8 Å². The van der Waals surface area contributed by atoms with Crippen molar-refractivity contribution in [2.75, 3.05) is 23.7 Å². The number of anilines is 2. The molecule has 2 aromatic heterocycles. The Morgan fingerprint density at radius 3 is 2.68 bits per heavy atom. The molecule has 0 saturated carbocycles. The number of benzene rings is 2. The third kappa shape index (κ3) is 4.76. The number of amides is 3. The van der Waals surface area contributed by atoms with E-state index in [0.29, 0.717) is 18.9 Å². The summed E-state index contributed by atoms with van der Waals surface area (Å²) in [5, 5.41) is 5.93. The van der Waals surface area contributed by atoms with Crippen LogP contribution in [0.25, 0.3) is 17.0 Å². The third-order valence-corrected chi connectivity index (χ3v) is 6.03. The number of carbonyl (C=O) groups is 2. The first-order valence-electron chi connectivity index (χ1n) is 11.4. The average molecular weight is 455 g/mol. The van der Waals surface area contributed by atoms with Crippen LogP contribution in [0.5, 0.6) is 0 Å². The summed E-state index contributed by atoms with van der Waals surface area (Å²) < 4.78 is 1.87. The molecule has 1 aliphatic rings. The van der Waals surface area contributed by atoms with Crippen LogP contribution in [0.15, 0.2) is 73.2 Å². The van der Waals surface area contributed by atoms with Gasteiger partial charge in [0.1, 0.15) is 0 Å². The molecule has 2 aromatic carbocycles. The molecule has 1 unspecified atom stereocenters. The van der Waals surface area contributed by atoms with Gasteiger partial charge in [-0.2, -0.15) is 0 Å². The van der Waals surface area contributed by atoms with E-state index in [1.54, 1.807) is 11.1 Å². The number of rotatable bonds is 4. The number of aryl methyl sites for hydroxylation is 1. The number of hydrogen-bond acceptors (Lipinski definition) is 4. The average Bonchev–Trinajstić information content (AvgIpc) is 3.29. The van der Waals surface area contributed by atoms with Crippen molar-refractivity contribution in [3.05, 3.63) is 78.8 Å². The van der Waals surface area contributed by atoms with Gasteiger partial charge in [-0.05, 0) is 55.7 Å². The summed E-state index contributed by atoms with van der Waals surface area (Å²) in [5.74, 6) is 0.321. The summed E-state index contributed by atoms with van der Waals surface area (Å²) in [7, 11) is 0. The van der Waals surface area contributed by atoms with Crippen molar-refractivity contribution in [2.45, 2.75) is 19.8 Å². The largest absolute Gasteiger partial charge is 0.326 e. The lowest BCUT2D eigenvalue weighted by Gasteiger charge is -2.32. The van der Waals surface area contributed by atoms with Crippen LogP contribution in [-0.2, 0) is 4.79 Å². The first-order valence-corrected chi connectivity index (χ1v) is 11.4. The maximum Gasteiger partial charge on any atom is 0.321 e. The molecule has 1 aliphatic heterocycles. The maximum absolute atomic E-state index is 12.9. The molecule has 34 heavy (non-hydrogen) atoms. The molecule has 5 rings (SSSR count). The quantitative estimate of drug-likeness (QED) is 0.472. The van der Waals surface area contributed by atoms with Crippen molar-refractivity contribution in [1.82, 2.24) is 19.3 Å². The van der Waals surface area contributed by atoms with Gasteiger partial charge in [0, 0.05) is 48.6 Å². The fourth-order valence-corrected chi connectivity index (χ4v) is 4.24. The molecular weight excluding hydrogens is 428 g/mol. The molecular formula is C26H26N6O2. The second kappa shape index (κ2) is 9.35. The van der Waals surface area contributed by atoms with Gasteiger partial charge in [0.25, 0.3) is 0 Å². The highest BCUT2D eigenvalue weighted by atomic mass is 16.2. The van der Waals surface area contributed by atoms with E-state index < -0.39 is 0 Å². The van der Waals surface area contributed by atoms with Gasteiger partial charge in [-0.25, -0.2) is 14.8 Å². The van der Waals surface area contributed by atoms with Crippen LogP contribution in [0.1, 0.15) is 18.4 Å². The number of nitrogens with one attached hydrogen (secondary N) is 2. The fourth-order valence-electron chi connectivity index (χ4n) is 4.24. The second-order valence-electron chi connectivity index (χ2n) is 8.60. The van der Waals surface area contributed by atoms with Crippen molar-refractivity contribution in [3.63, 3.8) is 0 Å².